The largest absolute Gasteiger partial charge is 0.467 e. The molecule has 6 nitrogen and oxygen atoms in total. The van der Waals surface area contributed by atoms with Crippen molar-refractivity contribution in [1.29, 1.82) is 0 Å². The Balaban J connectivity index is 0.00000169. The number of esters is 1. The molecule has 0 aromatic carbocycles. The zero-order valence-corrected chi connectivity index (χ0v) is 8.19. The van der Waals surface area contributed by atoms with Crippen LogP contribution >= 0.6 is 0 Å². The number of likely N-dealkylation sites (tertiary alicyclic amines) is 1. The molecule has 82 valence electrons. The van der Waals surface area contributed by atoms with Crippen molar-refractivity contribution in [3.8, 4) is 0 Å². The number of rotatable bonds is 1. The van der Waals surface area contributed by atoms with E-state index < -0.39 is 18.1 Å². The third kappa shape index (κ3) is 2.21. The Labute approximate surface area is 81.8 Å². The maximum absolute atomic E-state index is 11.2. The molecule has 1 fully saturated rings. The number of carbonyl (C=O) groups is 2. The minimum Gasteiger partial charge on any atom is -0.467 e. The molecule has 1 heterocycles. The third-order valence-electron chi connectivity index (χ3n) is 2.21. The molecule has 1 aliphatic heterocycles. The molecule has 0 radical (unpaired) electrons. The summed E-state index contributed by atoms with van der Waals surface area (Å²) < 4.78 is 4.49. The van der Waals surface area contributed by atoms with Crippen molar-refractivity contribution in [2.75, 3.05) is 13.7 Å². The van der Waals surface area contributed by atoms with E-state index in [1.54, 1.807) is 0 Å². The van der Waals surface area contributed by atoms with Crippen LogP contribution in [0.3, 0.4) is 0 Å². The first kappa shape index (κ1) is 12.9. The second-order valence-corrected chi connectivity index (χ2v) is 3.04. The molecule has 3 N–H and O–H groups in total. The number of methoxy groups -OCH3 is 1. The van der Waals surface area contributed by atoms with Crippen molar-refractivity contribution >= 4 is 11.9 Å². The van der Waals surface area contributed by atoms with Crippen LogP contribution in [0.15, 0.2) is 0 Å². The van der Waals surface area contributed by atoms with Crippen LogP contribution in [0.2, 0.25) is 0 Å². The molecule has 1 amide bonds. The van der Waals surface area contributed by atoms with Crippen LogP contribution in [0, 0.1) is 0 Å². The average Bonchev–Trinajstić information content (AvgIpc) is 2.46. The Hall–Kier alpha value is -1.14. The molecule has 1 saturated heterocycles. The van der Waals surface area contributed by atoms with Gasteiger partial charge in [0, 0.05) is 13.5 Å². The summed E-state index contributed by atoms with van der Waals surface area (Å²) in [4.78, 5) is 23.5. The van der Waals surface area contributed by atoms with Gasteiger partial charge in [-0.25, -0.2) is 4.79 Å². The highest BCUT2D eigenvalue weighted by molar-refractivity contribution is 5.84. The van der Waals surface area contributed by atoms with Crippen LogP contribution in [-0.4, -0.2) is 53.2 Å². The van der Waals surface area contributed by atoms with Gasteiger partial charge in [0.15, 0.2) is 6.04 Å². The lowest BCUT2D eigenvalue weighted by molar-refractivity contribution is -0.153. The summed E-state index contributed by atoms with van der Waals surface area (Å²) in [6.07, 6.45) is -0.365. The van der Waals surface area contributed by atoms with E-state index in [-0.39, 0.29) is 11.4 Å². The standard InChI is InChI=1S/C8H13NO4.H2O/c1-5(10)9-4-3-6(11)7(9)8(12)13-2;/h6-7,11H,3-4H2,1-2H3;1H2/t6-,7-;/m0./s1. The molecule has 0 bridgehead atoms. The van der Waals surface area contributed by atoms with Crippen molar-refractivity contribution < 1.29 is 24.9 Å². The zero-order chi connectivity index (χ0) is 10.0. The van der Waals surface area contributed by atoms with Crippen molar-refractivity contribution in [3.05, 3.63) is 0 Å². The van der Waals surface area contributed by atoms with Gasteiger partial charge in [-0.3, -0.25) is 4.79 Å². The van der Waals surface area contributed by atoms with Crippen molar-refractivity contribution in [3.63, 3.8) is 0 Å². The Morgan fingerprint density at radius 2 is 2.07 bits per heavy atom. The Bertz CT molecular complexity index is 230. The molecule has 0 aromatic heterocycles. The summed E-state index contributed by atoms with van der Waals surface area (Å²) in [5, 5.41) is 9.42. The summed E-state index contributed by atoms with van der Waals surface area (Å²) in [5.41, 5.74) is 0. The van der Waals surface area contributed by atoms with Gasteiger partial charge >= 0.3 is 5.97 Å². The minimum absolute atomic E-state index is 0. The fraction of sp³-hybridized carbons (Fsp3) is 0.750. The molecule has 0 saturated carbocycles. The molecule has 0 spiro atoms. The number of aliphatic hydroxyl groups excluding tert-OH is 1. The van der Waals surface area contributed by atoms with Gasteiger partial charge in [-0.1, -0.05) is 0 Å². The molecule has 0 aromatic rings. The van der Waals surface area contributed by atoms with Crippen LogP contribution in [0.5, 0.6) is 0 Å². The molecule has 14 heavy (non-hydrogen) atoms. The Morgan fingerprint density at radius 3 is 2.50 bits per heavy atom. The number of amides is 1. The van der Waals surface area contributed by atoms with Gasteiger partial charge in [-0.05, 0) is 6.42 Å². The van der Waals surface area contributed by atoms with Crippen LogP contribution in [-0.2, 0) is 14.3 Å². The summed E-state index contributed by atoms with van der Waals surface area (Å²) >= 11 is 0. The molecule has 0 unspecified atom stereocenters. The number of hydrogen-bond acceptors (Lipinski definition) is 4. The number of aliphatic hydroxyl groups is 1. The third-order valence-corrected chi connectivity index (χ3v) is 2.21. The maximum Gasteiger partial charge on any atom is 0.331 e. The number of carbonyl (C=O) groups excluding carboxylic acids is 2. The molecular formula is C8H15NO5. The minimum atomic E-state index is -0.817. The van der Waals surface area contributed by atoms with E-state index in [0.29, 0.717) is 13.0 Å². The normalized spacial score (nSPS) is 25.5. The van der Waals surface area contributed by atoms with Crippen molar-refractivity contribution in [1.82, 2.24) is 4.90 Å². The van der Waals surface area contributed by atoms with Crippen LogP contribution < -0.4 is 0 Å². The molecule has 1 aliphatic rings. The van der Waals surface area contributed by atoms with Gasteiger partial charge in [0.25, 0.3) is 0 Å². The van der Waals surface area contributed by atoms with Gasteiger partial charge in [-0.2, -0.15) is 0 Å². The van der Waals surface area contributed by atoms with E-state index in [1.807, 2.05) is 0 Å². The molecule has 6 heteroatoms. The quantitative estimate of drug-likeness (QED) is 0.517. The van der Waals surface area contributed by atoms with Crippen LogP contribution in [0.25, 0.3) is 0 Å². The van der Waals surface area contributed by atoms with Gasteiger partial charge < -0.3 is 20.2 Å². The van der Waals surface area contributed by atoms with Gasteiger partial charge in [-0.15, -0.1) is 0 Å². The predicted molar refractivity (Wildman–Crippen MR) is 47.4 cm³/mol. The highest BCUT2D eigenvalue weighted by Crippen LogP contribution is 2.18. The van der Waals surface area contributed by atoms with E-state index in [4.69, 9.17) is 0 Å². The highest BCUT2D eigenvalue weighted by Gasteiger charge is 2.40. The zero-order valence-electron chi connectivity index (χ0n) is 8.19. The lowest BCUT2D eigenvalue weighted by atomic mass is 10.2. The summed E-state index contributed by atoms with van der Waals surface area (Å²) in [6.45, 7) is 1.78. The fourth-order valence-electron chi connectivity index (χ4n) is 1.53. The van der Waals surface area contributed by atoms with E-state index in [9.17, 15) is 14.7 Å². The van der Waals surface area contributed by atoms with Crippen LogP contribution in [0.4, 0.5) is 0 Å². The summed E-state index contributed by atoms with van der Waals surface area (Å²) in [6, 6.07) is -0.817. The van der Waals surface area contributed by atoms with E-state index in [1.165, 1.54) is 18.9 Å². The lowest BCUT2D eigenvalue weighted by Crippen LogP contribution is -2.44. The van der Waals surface area contributed by atoms with Crippen LogP contribution in [0.1, 0.15) is 13.3 Å². The summed E-state index contributed by atoms with van der Waals surface area (Å²) in [7, 11) is 1.24. The van der Waals surface area contributed by atoms with E-state index >= 15 is 0 Å². The first-order valence-electron chi connectivity index (χ1n) is 4.11. The van der Waals surface area contributed by atoms with Crippen molar-refractivity contribution in [2.45, 2.75) is 25.5 Å². The molecule has 2 atom stereocenters. The first-order valence-corrected chi connectivity index (χ1v) is 4.11. The number of ether oxygens (including phenoxy) is 1. The SMILES string of the molecule is COC(=O)[C@@H]1[C@@H](O)CCN1C(C)=O.O. The second-order valence-electron chi connectivity index (χ2n) is 3.04. The lowest BCUT2D eigenvalue weighted by Gasteiger charge is -2.22. The molecular weight excluding hydrogens is 190 g/mol. The van der Waals surface area contributed by atoms with Gasteiger partial charge in [0.2, 0.25) is 5.91 Å². The van der Waals surface area contributed by atoms with Gasteiger partial charge in [0.1, 0.15) is 0 Å². The second kappa shape index (κ2) is 4.92. The number of nitrogens with zero attached hydrogens (tertiary/aromatic N) is 1. The molecule has 1 rings (SSSR count). The Morgan fingerprint density at radius 1 is 1.50 bits per heavy atom. The highest BCUT2D eigenvalue weighted by atomic mass is 16.5. The van der Waals surface area contributed by atoms with Crippen molar-refractivity contribution in [2.24, 2.45) is 0 Å². The Kier molecular flexibility index (Phi) is 4.52. The van der Waals surface area contributed by atoms with E-state index in [0.717, 1.165) is 0 Å². The maximum atomic E-state index is 11.2. The summed E-state index contributed by atoms with van der Waals surface area (Å²) in [5.74, 6) is -0.771. The first-order chi connectivity index (χ1) is 6.07. The predicted octanol–water partition coefficient (Wildman–Crippen LogP) is -1.68. The van der Waals surface area contributed by atoms with Gasteiger partial charge in [0.05, 0.1) is 13.2 Å². The topological polar surface area (TPSA) is 98.3 Å². The average molecular weight is 205 g/mol. The number of hydrogen-bond donors (Lipinski definition) is 1. The fourth-order valence-corrected chi connectivity index (χ4v) is 1.53. The monoisotopic (exact) mass is 205 g/mol. The molecule has 0 aliphatic carbocycles. The smallest absolute Gasteiger partial charge is 0.331 e. The van der Waals surface area contributed by atoms with E-state index in [2.05, 4.69) is 4.74 Å².